The van der Waals surface area contributed by atoms with Crippen molar-refractivity contribution in [3.05, 3.63) is 53.8 Å². The van der Waals surface area contributed by atoms with Crippen molar-refractivity contribution in [2.75, 3.05) is 0 Å². The summed E-state index contributed by atoms with van der Waals surface area (Å²) in [5, 5.41) is 10.2. The van der Waals surface area contributed by atoms with Gasteiger partial charge in [-0.25, -0.2) is 0 Å². The van der Waals surface area contributed by atoms with Crippen LogP contribution in [0, 0.1) is 0 Å². The van der Waals surface area contributed by atoms with Crippen LogP contribution >= 0.6 is 0 Å². The number of aliphatic hydroxyl groups is 1. The van der Waals surface area contributed by atoms with Gasteiger partial charge < -0.3 is 5.11 Å². The Hall–Kier alpha value is -1.08. The van der Waals surface area contributed by atoms with E-state index >= 15 is 0 Å². The summed E-state index contributed by atoms with van der Waals surface area (Å²) in [5.74, 6) is 0. The van der Waals surface area contributed by atoms with Crippen LogP contribution in [0.3, 0.4) is 0 Å². The van der Waals surface area contributed by atoms with Gasteiger partial charge in [0, 0.05) is 13.6 Å². The molecule has 0 amide bonds. The predicted octanol–water partition coefficient (Wildman–Crippen LogP) is 3.77. The van der Waals surface area contributed by atoms with Crippen molar-refractivity contribution in [2.45, 2.75) is 31.8 Å². The lowest BCUT2D eigenvalue weighted by Gasteiger charge is -2.21. The summed E-state index contributed by atoms with van der Waals surface area (Å²) in [7, 11) is -1.24. The Balaban J connectivity index is 2.88. The molecule has 0 aliphatic carbocycles. The maximum atomic E-state index is 10.2. The monoisotopic (exact) mass is 232 g/mol. The Morgan fingerprint density at radius 3 is 2.31 bits per heavy atom. The summed E-state index contributed by atoms with van der Waals surface area (Å²) < 4.78 is 0. The van der Waals surface area contributed by atoms with Gasteiger partial charge in [0.15, 0.2) is 0 Å². The van der Waals surface area contributed by atoms with Gasteiger partial charge >= 0.3 is 0 Å². The second-order valence-corrected chi connectivity index (χ2v) is 10.7. The largest absolute Gasteiger partial charge is 0.383 e. The molecule has 1 nitrogen and oxygen atoms in total. The molecule has 0 bridgehead atoms. The van der Waals surface area contributed by atoms with Crippen molar-refractivity contribution >= 4 is 8.07 Å². The summed E-state index contributed by atoms with van der Waals surface area (Å²) in [6.45, 7) is 10.5. The Kier molecular flexibility index (Phi) is 4.31. The first-order valence-electron chi connectivity index (χ1n) is 5.56. The van der Waals surface area contributed by atoms with E-state index in [-0.39, 0.29) is 0 Å². The summed E-state index contributed by atoms with van der Waals surface area (Å²) in [5.41, 5.74) is 4.75. The second kappa shape index (κ2) is 5.31. The van der Waals surface area contributed by atoms with Crippen molar-refractivity contribution < 1.29 is 5.11 Å². The van der Waals surface area contributed by atoms with Gasteiger partial charge in [-0.3, -0.25) is 0 Å². The molecule has 0 saturated heterocycles. The highest BCUT2D eigenvalue weighted by Crippen LogP contribution is 2.27. The van der Waals surface area contributed by atoms with Gasteiger partial charge in [-0.2, -0.15) is 0 Å². The minimum atomic E-state index is -1.24. The van der Waals surface area contributed by atoms with E-state index in [1.807, 2.05) is 30.3 Å². The lowest BCUT2D eigenvalue weighted by molar-refractivity contribution is 0.216. The Bertz CT molecular complexity index is 383. The van der Waals surface area contributed by atoms with Crippen LogP contribution in [0.5, 0.6) is 0 Å². The fourth-order valence-electron chi connectivity index (χ4n) is 1.66. The lowest BCUT2D eigenvalue weighted by atomic mass is 10.0. The third kappa shape index (κ3) is 3.82. The molecule has 0 aliphatic rings. The molecule has 0 aromatic heterocycles. The molecule has 0 fully saturated rings. The average molecular weight is 232 g/mol. The van der Waals surface area contributed by atoms with Crippen LogP contribution in [-0.4, -0.2) is 13.2 Å². The van der Waals surface area contributed by atoms with Gasteiger partial charge in [0.05, 0.1) is 0 Å². The third-order valence-corrected chi connectivity index (χ3v) is 3.83. The summed E-state index contributed by atoms with van der Waals surface area (Å²) >= 11 is 0. The zero-order valence-corrected chi connectivity index (χ0v) is 11.3. The van der Waals surface area contributed by atoms with Gasteiger partial charge in [-0.05, 0) is 11.6 Å². The Morgan fingerprint density at radius 2 is 1.88 bits per heavy atom. The van der Waals surface area contributed by atoms with Gasteiger partial charge in [0.25, 0.3) is 0 Å². The van der Waals surface area contributed by atoms with Crippen LogP contribution < -0.4 is 0 Å². The van der Waals surface area contributed by atoms with E-state index in [1.165, 1.54) is 0 Å². The summed E-state index contributed by atoms with van der Waals surface area (Å²) in [6.07, 6.45) is -0.551. The number of hydrogen-bond acceptors (Lipinski definition) is 1. The maximum Gasteiger partial charge on any atom is 0.107 e. The fraction of sp³-hybridized carbons (Fsp3) is 0.357. The lowest BCUT2D eigenvalue weighted by Crippen LogP contribution is -2.21. The van der Waals surface area contributed by atoms with Gasteiger partial charge in [-0.1, -0.05) is 56.6 Å². The van der Waals surface area contributed by atoms with E-state index in [0.717, 1.165) is 17.2 Å². The summed E-state index contributed by atoms with van der Waals surface area (Å²) in [4.78, 5) is 0. The minimum Gasteiger partial charge on any atom is -0.383 e. The van der Waals surface area contributed by atoms with E-state index in [1.54, 1.807) is 0 Å². The van der Waals surface area contributed by atoms with Crippen LogP contribution in [0.1, 0.15) is 11.7 Å². The smallest absolute Gasteiger partial charge is 0.107 e. The topological polar surface area (TPSA) is 20.2 Å². The molecule has 1 rings (SSSR count). The molecule has 0 spiro atoms. The molecule has 0 radical (unpaired) electrons. The van der Waals surface area contributed by atoms with Crippen LogP contribution in [0.4, 0.5) is 0 Å². The van der Waals surface area contributed by atoms with E-state index in [4.69, 9.17) is 0 Å². The number of benzene rings is 1. The summed E-state index contributed by atoms with van der Waals surface area (Å²) in [6, 6.07) is 10.6. The van der Waals surface area contributed by atoms with Crippen molar-refractivity contribution in [3.63, 3.8) is 0 Å². The van der Waals surface area contributed by atoms with Crippen molar-refractivity contribution in [1.82, 2.24) is 0 Å². The molecule has 1 aromatic rings. The van der Waals surface area contributed by atoms with Crippen LogP contribution in [0.15, 0.2) is 48.2 Å². The molecule has 1 aromatic carbocycles. The molecule has 2 heteroatoms. The highest BCUT2D eigenvalue weighted by Gasteiger charge is 2.20. The average Bonchev–Trinajstić information content (AvgIpc) is 2.25. The van der Waals surface area contributed by atoms with Gasteiger partial charge in [-0.15, -0.1) is 5.73 Å². The van der Waals surface area contributed by atoms with E-state index in [9.17, 15) is 5.11 Å². The van der Waals surface area contributed by atoms with Crippen LogP contribution in [0.2, 0.25) is 25.7 Å². The fourth-order valence-corrected chi connectivity index (χ4v) is 3.12. The van der Waals surface area contributed by atoms with Crippen molar-refractivity contribution in [2.24, 2.45) is 0 Å². The minimum absolute atomic E-state index is 0.551. The van der Waals surface area contributed by atoms with Crippen LogP contribution in [0.25, 0.3) is 0 Å². The van der Waals surface area contributed by atoms with E-state index < -0.39 is 14.2 Å². The van der Waals surface area contributed by atoms with Gasteiger partial charge in [0.2, 0.25) is 0 Å². The highest BCUT2D eigenvalue weighted by atomic mass is 28.3. The molecule has 0 aliphatic heterocycles. The molecule has 86 valence electrons. The van der Waals surface area contributed by atoms with Crippen molar-refractivity contribution in [1.29, 1.82) is 0 Å². The molecule has 1 N–H and O–H groups in total. The molecule has 1 atom stereocenters. The zero-order valence-electron chi connectivity index (χ0n) is 10.3. The number of aliphatic hydroxyl groups excluding tert-OH is 1. The Morgan fingerprint density at radius 1 is 1.31 bits per heavy atom. The molecule has 0 unspecified atom stereocenters. The molecular formula is C14H20OSi. The Labute approximate surface area is 99.1 Å². The highest BCUT2D eigenvalue weighted by molar-refractivity contribution is 6.76. The van der Waals surface area contributed by atoms with E-state index in [2.05, 4.69) is 32.0 Å². The van der Waals surface area contributed by atoms with Crippen molar-refractivity contribution in [3.8, 4) is 0 Å². The first kappa shape index (κ1) is 13.0. The van der Waals surface area contributed by atoms with E-state index in [0.29, 0.717) is 0 Å². The maximum absolute atomic E-state index is 10.2. The zero-order chi connectivity index (χ0) is 12.2. The third-order valence-electron chi connectivity index (χ3n) is 2.39. The molecule has 16 heavy (non-hydrogen) atoms. The molecule has 0 saturated carbocycles. The number of rotatable bonds is 4. The van der Waals surface area contributed by atoms with Gasteiger partial charge in [0.1, 0.15) is 6.10 Å². The molecular weight excluding hydrogens is 212 g/mol. The number of hydrogen-bond donors (Lipinski definition) is 1. The SMILES string of the molecule is C=C=C(C[Si](C)(C)C)[C@H](O)c1ccccc1. The second-order valence-electron chi connectivity index (χ2n) is 5.25. The molecule has 0 heterocycles. The first-order chi connectivity index (χ1) is 7.44. The van der Waals surface area contributed by atoms with Crippen LogP contribution in [-0.2, 0) is 0 Å². The first-order valence-corrected chi connectivity index (χ1v) is 9.26. The normalized spacial score (nSPS) is 13.0. The standard InChI is InChI=1S/C14H20OSi/c1-5-12(11-16(2,3)4)14(15)13-9-7-6-8-10-13/h6-10,14-15H,1,11H2,2-4H3/t14-/m0/s1. The predicted molar refractivity (Wildman–Crippen MR) is 72.2 cm³/mol. The quantitative estimate of drug-likeness (QED) is 0.619.